The van der Waals surface area contributed by atoms with Gasteiger partial charge in [-0.05, 0) is 18.4 Å². The maximum atomic E-state index is 13.6. The number of likely N-dealkylation sites (N-methyl/N-ethyl adjacent to an activating group) is 1. The highest BCUT2D eigenvalue weighted by Gasteiger charge is 2.53. The van der Waals surface area contributed by atoms with Crippen LogP contribution < -0.4 is 5.73 Å². The molecule has 0 radical (unpaired) electrons. The Morgan fingerprint density at radius 1 is 1.11 bits per heavy atom. The van der Waals surface area contributed by atoms with Gasteiger partial charge < -0.3 is 15.4 Å². The molecule has 5 heterocycles. The van der Waals surface area contributed by atoms with Crippen molar-refractivity contribution in [3.63, 3.8) is 0 Å². The number of urea groups is 1. The van der Waals surface area contributed by atoms with E-state index in [0.717, 1.165) is 5.56 Å². The molecule has 0 bridgehead atoms. The molecule has 2 aromatic heterocycles. The fraction of sp³-hybridized carbons (Fsp3) is 0.500. The fourth-order valence-electron chi connectivity index (χ4n) is 5.81. The Morgan fingerprint density at radius 3 is 2.62 bits per heavy atom. The minimum Gasteiger partial charge on any atom is -0.382 e. The summed E-state index contributed by atoms with van der Waals surface area (Å²) in [6.45, 7) is 7.55. The molecule has 3 aliphatic heterocycles. The van der Waals surface area contributed by atoms with Crippen molar-refractivity contribution >= 4 is 28.9 Å². The summed E-state index contributed by atoms with van der Waals surface area (Å²) in [5, 5.41) is 0. The van der Waals surface area contributed by atoms with Gasteiger partial charge in [-0.15, -0.1) is 0 Å². The summed E-state index contributed by atoms with van der Waals surface area (Å²) in [6, 6.07) is 8.81. The van der Waals surface area contributed by atoms with Gasteiger partial charge in [0.25, 0.3) is 0 Å². The predicted molar refractivity (Wildman–Crippen MR) is 136 cm³/mol. The molecule has 6 rings (SSSR count). The first kappa shape index (κ1) is 23.8. The summed E-state index contributed by atoms with van der Waals surface area (Å²) < 4.78 is 8.43. The number of rotatable bonds is 5. The molecule has 3 saturated heterocycles. The maximum Gasteiger partial charge on any atom is 0.327 e. The Kier molecular flexibility index (Phi) is 5.64. The average molecular weight is 505 g/mol. The number of hydrogen-bond acceptors (Lipinski definition) is 8. The number of ether oxygens (including phenoxy) is 1. The van der Waals surface area contributed by atoms with Gasteiger partial charge in [-0.1, -0.05) is 44.2 Å². The van der Waals surface area contributed by atoms with Crippen molar-refractivity contribution in [2.45, 2.75) is 51.2 Å². The number of benzene rings is 1. The number of carbonyl (C=O) groups excluding carboxylic acids is 2. The van der Waals surface area contributed by atoms with Crippen LogP contribution in [0.2, 0.25) is 0 Å². The third-order valence-corrected chi connectivity index (χ3v) is 8.49. The molecule has 3 aliphatic rings. The molecule has 3 fully saturated rings. The normalized spacial score (nSPS) is 33.5. The van der Waals surface area contributed by atoms with E-state index in [9.17, 15) is 9.59 Å². The minimum atomic E-state index is -0.319. The predicted octanol–water partition coefficient (Wildman–Crippen LogP) is 2.29. The summed E-state index contributed by atoms with van der Waals surface area (Å²) in [5.74, 6) is 0.646. The number of imidazole rings is 1. The molecule has 0 saturated carbocycles. The average Bonchev–Trinajstić information content (AvgIpc) is 3.36. The van der Waals surface area contributed by atoms with Crippen molar-refractivity contribution in [2.24, 2.45) is 11.8 Å². The molecule has 11 nitrogen and oxygen atoms in total. The van der Waals surface area contributed by atoms with Crippen LogP contribution in [0.5, 0.6) is 0 Å². The lowest BCUT2D eigenvalue weighted by Crippen LogP contribution is -2.40. The van der Waals surface area contributed by atoms with Crippen LogP contribution >= 0.6 is 0 Å². The zero-order valence-corrected chi connectivity index (χ0v) is 21.4. The largest absolute Gasteiger partial charge is 0.382 e. The maximum absolute atomic E-state index is 13.6. The van der Waals surface area contributed by atoms with Crippen molar-refractivity contribution in [3.8, 4) is 0 Å². The molecule has 37 heavy (non-hydrogen) atoms. The Morgan fingerprint density at radius 2 is 1.86 bits per heavy atom. The molecular formula is C26H32N8O3. The van der Waals surface area contributed by atoms with E-state index in [4.69, 9.17) is 10.5 Å². The van der Waals surface area contributed by atoms with Gasteiger partial charge in [0.1, 0.15) is 24.1 Å². The number of fused-ring (bicyclic) bond motifs is 1. The van der Waals surface area contributed by atoms with Gasteiger partial charge in [-0.3, -0.25) is 19.2 Å². The third-order valence-electron chi connectivity index (χ3n) is 8.49. The van der Waals surface area contributed by atoms with Gasteiger partial charge in [-0.2, -0.15) is 0 Å². The number of hydrogen-bond donors (Lipinski definition) is 1. The quantitative estimate of drug-likeness (QED) is 0.525. The minimum absolute atomic E-state index is 0.0739. The zero-order valence-electron chi connectivity index (χ0n) is 21.4. The molecule has 3 unspecified atom stereocenters. The van der Waals surface area contributed by atoms with Crippen LogP contribution in [0.25, 0.3) is 11.2 Å². The summed E-state index contributed by atoms with van der Waals surface area (Å²) in [7, 11) is 1.76. The summed E-state index contributed by atoms with van der Waals surface area (Å²) in [6.07, 6.45) is 2.82. The first-order valence-corrected chi connectivity index (χ1v) is 12.7. The van der Waals surface area contributed by atoms with E-state index in [2.05, 4.69) is 33.7 Å². The first-order valence-electron chi connectivity index (χ1n) is 12.7. The van der Waals surface area contributed by atoms with Gasteiger partial charge in [0.05, 0.1) is 24.5 Å². The molecule has 3 amide bonds. The smallest absolute Gasteiger partial charge is 0.327 e. The molecule has 11 heteroatoms. The Labute approximate surface area is 215 Å². The molecule has 1 aromatic carbocycles. The Balaban J connectivity index is 1.16. The van der Waals surface area contributed by atoms with E-state index in [0.29, 0.717) is 30.1 Å². The van der Waals surface area contributed by atoms with Crippen molar-refractivity contribution in [1.29, 1.82) is 0 Å². The third kappa shape index (κ3) is 3.75. The van der Waals surface area contributed by atoms with Crippen LogP contribution in [0, 0.1) is 11.8 Å². The van der Waals surface area contributed by atoms with Gasteiger partial charge in [0, 0.05) is 26.1 Å². The number of nitrogen functional groups attached to an aromatic ring is 1. The molecule has 3 aromatic rings. The molecule has 0 spiro atoms. The van der Waals surface area contributed by atoms with E-state index in [1.54, 1.807) is 18.3 Å². The molecule has 2 N–H and O–H groups in total. The standard InChI is InChI=1S/C26H32N8O3/c1-14-15(2)25(33-13-30-20-22(27)28-12-29-23(20)33)37-19(14)11-32-10-18(32)24(35)34-21(16(3)31(4)26(34)36)17-8-6-5-7-9-17/h5-9,12-16,18-19,21,25H,10-11H2,1-4H3,(H2,27,28,29)/t14-,15?,16-,18?,19-,21-,25-,32?/m1/s1. The lowest BCUT2D eigenvalue weighted by molar-refractivity contribution is -0.129. The second-order valence-electron chi connectivity index (χ2n) is 10.5. The summed E-state index contributed by atoms with van der Waals surface area (Å²) >= 11 is 0. The van der Waals surface area contributed by atoms with Gasteiger partial charge >= 0.3 is 6.03 Å². The number of nitrogens with two attached hydrogens (primary N) is 1. The van der Waals surface area contributed by atoms with Crippen LogP contribution in [-0.4, -0.2) is 84.5 Å². The number of amides is 3. The van der Waals surface area contributed by atoms with Crippen molar-refractivity contribution in [1.82, 2.24) is 34.2 Å². The van der Waals surface area contributed by atoms with Crippen LogP contribution in [0.4, 0.5) is 10.6 Å². The van der Waals surface area contributed by atoms with Crippen LogP contribution in [0.3, 0.4) is 0 Å². The van der Waals surface area contributed by atoms with Crippen LogP contribution in [0.15, 0.2) is 43.0 Å². The lowest BCUT2D eigenvalue weighted by Gasteiger charge is -2.24. The van der Waals surface area contributed by atoms with E-state index in [1.165, 1.54) is 11.2 Å². The second-order valence-corrected chi connectivity index (χ2v) is 10.5. The van der Waals surface area contributed by atoms with Crippen LogP contribution in [0.1, 0.15) is 38.6 Å². The topological polar surface area (TPSA) is 122 Å². The second kappa shape index (κ2) is 8.77. The van der Waals surface area contributed by atoms with E-state index < -0.39 is 0 Å². The first-order chi connectivity index (χ1) is 17.8. The zero-order chi connectivity index (χ0) is 26.0. The van der Waals surface area contributed by atoms with E-state index >= 15 is 0 Å². The Bertz CT molecular complexity index is 1350. The lowest BCUT2D eigenvalue weighted by atomic mass is 9.92. The van der Waals surface area contributed by atoms with Gasteiger partial charge in [-0.25, -0.2) is 19.7 Å². The Hall–Kier alpha value is -3.57. The molecular weight excluding hydrogens is 472 g/mol. The number of aromatic nitrogens is 4. The highest BCUT2D eigenvalue weighted by molar-refractivity contribution is 6.00. The molecule has 0 aliphatic carbocycles. The van der Waals surface area contributed by atoms with E-state index in [-0.39, 0.29) is 54.2 Å². The number of imide groups is 1. The van der Waals surface area contributed by atoms with E-state index in [1.807, 2.05) is 41.8 Å². The molecule has 194 valence electrons. The monoisotopic (exact) mass is 504 g/mol. The summed E-state index contributed by atoms with van der Waals surface area (Å²) in [5.41, 5.74) is 8.14. The van der Waals surface area contributed by atoms with Crippen molar-refractivity contribution in [2.75, 3.05) is 25.9 Å². The van der Waals surface area contributed by atoms with Crippen molar-refractivity contribution in [3.05, 3.63) is 48.5 Å². The highest BCUT2D eigenvalue weighted by atomic mass is 16.5. The van der Waals surface area contributed by atoms with Crippen molar-refractivity contribution < 1.29 is 14.3 Å². The molecule has 8 atom stereocenters. The fourth-order valence-corrected chi connectivity index (χ4v) is 5.81. The number of carbonyl (C=O) groups is 2. The highest BCUT2D eigenvalue weighted by Crippen LogP contribution is 2.42. The number of nitrogens with zero attached hydrogens (tertiary/aromatic N) is 7. The van der Waals surface area contributed by atoms with Gasteiger partial charge in [0.2, 0.25) is 5.91 Å². The summed E-state index contributed by atoms with van der Waals surface area (Å²) in [4.78, 5) is 44.7. The van der Waals surface area contributed by atoms with Crippen LogP contribution in [-0.2, 0) is 9.53 Å². The SMILES string of the molecule is CC1[C@@H](C)[C@@H](CN2CC2C(=O)N2C(=O)N(C)[C@H](C)[C@@H]2c2ccccc2)O[C@H]1n1cnc2c(N)ncnc21. The van der Waals surface area contributed by atoms with Gasteiger partial charge in [0.15, 0.2) is 11.5 Å². The number of anilines is 1.